The van der Waals surface area contributed by atoms with E-state index in [1.165, 1.54) is 236 Å². The van der Waals surface area contributed by atoms with Crippen LogP contribution in [0.4, 0.5) is 0 Å². The minimum Gasteiger partial charge on any atom is -0.146 e. The van der Waals surface area contributed by atoms with Gasteiger partial charge in [0.15, 0.2) is 0 Å². The van der Waals surface area contributed by atoms with Crippen LogP contribution in [0.2, 0.25) is 12.6 Å². The van der Waals surface area contributed by atoms with E-state index in [-0.39, 0.29) is 0 Å². The number of halogens is 3. The first kappa shape index (κ1) is 44.5. The van der Waals surface area contributed by atoms with Crippen molar-refractivity contribution in [3.05, 3.63) is 0 Å². The van der Waals surface area contributed by atoms with Gasteiger partial charge in [0.05, 0.1) is 0 Å². The van der Waals surface area contributed by atoms with Gasteiger partial charge in [-0.05, 0) is 23.4 Å². The molecule has 0 spiro atoms. The Labute approximate surface area is 297 Å². The predicted octanol–water partition coefficient (Wildman–Crippen LogP) is 17.0. The Hall–Kier alpha value is 1.53. The molecular formula is C39H79Cl2ISi. The number of unbranched alkanes of at least 4 members (excludes halogenated alkanes) is 35. The van der Waals surface area contributed by atoms with E-state index >= 15 is 0 Å². The van der Waals surface area contributed by atoms with Crippen molar-refractivity contribution in [1.82, 2.24) is 0 Å². The van der Waals surface area contributed by atoms with Crippen molar-refractivity contribution in [3.8, 4) is 0 Å². The highest BCUT2D eigenvalue weighted by Crippen LogP contribution is 2.23. The highest BCUT2D eigenvalue weighted by atomic mass is 127. The van der Waals surface area contributed by atoms with Crippen LogP contribution in [0.15, 0.2) is 0 Å². The molecule has 0 fully saturated rings. The highest BCUT2D eigenvalue weighted by Gasteiger charge is 2.19. The molecular weight excluding hydrogens is 694 g/mol. The second kappa shape index (κ2) is 38.0. The van der Waals surface area contributed by atoms with E-state index in [4.69, 9.17) is 22.2 Å². The van der Waals surface area contributed by atoms with Crippen molar-refractivity contribution in [2.45, 2.75) is 244 Å². The van der Waals surface area contributed by atoms with Crippen LogP contribution >= 0.6 is 44.7 Å². The van der Waals surface area contributed by atoms with Gasteiger partial charge in [0, 0.05) is 0 Å². The highest BCUT2D eigenvalue weighted by molar-refractivity contribution is 14.1. The summed E-state index contributed by atoms with van der Waals surface area (Å²) in [6.45, 7) is 0.202. The molecule has 4 heteroatoms. The summed E-state index contributed by atoms with van der Waals surface area (Å²) >= 11 is 14.8. The Balaban J connectivity index is 3.05. The normalized spacial score (nSPS) is 12.0. The van der Waals surface area contributed by atoms with Crippen LogP contribution in [0.25, 0.3) is 0 Å². The summed E-state index contributed by atoms with van der Waals surface area (Å²) in [6.07, 6.45) is 52.6. The van der Waals surface area contributed by atoms with Crippen LogP contribution in [0.1, 0.15) is 231 Å². The Morgan fingerprint density at radius 1 is 0.279 bits per heavy atom. The van der Waals surface area contributed by atoms with Crippen molar-refractivity contribution in [2.24, 2.45) is 0 Å². The Kier molecular flexibility index (Phi) is 39.3. The molecule has 0 amide bonds. The van der Waals surface area contributed by atoms with Crippen molar-refractivity contribution >= 4 is 51.4 Å². The molecule has 0 rings (SSSR count). The van der Waals surface area contributed by atoms with E-state index in [0.717, 1.165) is 6.04 Å². The average Bonchev–Trinajstić information content (AvgIpc) is 2.98. The molecule has 260 valence electrons. The van der Waals surface area contributed by atoms with E-state index in [1.807, 2.05) is 6.55 Å². The van der Waals surface area contributed by atoms with Crippen LogP contribution in [0.3, 0.4) is 0 Å². The molecule has 0 atom stereocenters. The van der Waals surface area contributed by atoms with E-state index in [9.17, 15) is 0 Å². The molecule has 0 aliphatic rings. The molecule has 0 aliphatic carbocycles. The molecule has 0 aromatic rings. The summed E-state index contributed by atoms with van der Waals surface area (Å²) in [6, 6.07) is 1.07. The minimum atomic E-state index is -1.84. The molecule has 43 heavy (non-hydrogen) atoms. The maximum absolute atomic E-state index is 6.17. The quantitative estimate of drug-likeness (QED) is 0.0193. The first-order valence-corrected chi connectivity index (χ1v) is 26.3. The second-order valence-electron chi connectivity index (χ2n) is 14.2. The first-order chi connectivity index (χ1) is 21.1. The molecule has 0 radical (unpaired) electrons. The van der Waals surface area contributed by atoms with Gasteiger partial charge in [-0.3, -0.25) is 0 Å². The lowest BCUT2D eigenvalue weighted by molar-refractivity contribution is 0.511. The zero-order valence-electron chi connectivity index (χ0n) is 29.5. The van der Waals surface area contributed by atoms with Gasteiger partial charge in [-0.2, -0.15) is 0 Å². The lowest BCUT2D eigenvalue weighted by Crippen LogP contribution is -2.11. The van der Waals surface area contributed by atoms with Crippen LogP contribution in [-0.4, -0.2) is 11.1 Å². The Morgan fingerprint density at radius 3 is 0.558 bits per heavy atom. The predicted molar refractivity (Wildman–Crippen MR) is 213 cm³/mol. The molecule has 0 N–H and O–H groups in total. The molecule has 0 aliphatic heterocycles. The zero-order valence-corrected chi connectivity index (χ0v) is 34.2. The average molecular weight is 774 g/mol. The number of hydrogen-bond donors (Lipinski definition) is 0. The topological polar surface area (TPSA) is 0 Å². The molecule has 0 heterocycles. The van der Waals surface area contributed by atoms with Gasteiger partial charge in [0.1, 0.15) is 0 Å². The van der Waals surface area contributed by atoms with Gasteiger partial charge < -0.3 is 0 Å². The summed E-state index contributed by atoms with van der Waals surface area (Å²) < 4.78 is 1.34. The molecule has 0 saturated carbocycles. The van der Waals surface area contributed by atoms with E-state index in [1.54, 1.807) is 0 Å². The van der Waals surface area contributed by atoms with Crippen LogP contribution in [0.5, 0.6) is 0 Å². The smallest absolute Gasteiger partial charge is 0.146 e. The summed E-state index contributed by atoms with van der Waals surface area (Å²) in [5.41, 5.74) is 0. The zero-order chi connectivity index (χ0) is 31.4. The number of rotatable bonds is 38. The number of hydrogen-bond acceptors (Lipinski definition) is 0. The molecule has 0 aromatic heterocycles. The van der Waals surface area contributed by atoms with Gasteiger partial charge >= 0.3 is 0 Å². The fourth-order valence-electron chi connectivity index (χ4n) is 6.54. The van der Waals surface area contributed by atoms with E-state index in [0.29, 0.717) is 0 Å². The number of alkyl halides is 1. The molecule has 0 saturated heterocycles. The second-order valence-corrected chi connectivity index (χ2v) is 23.5. The third-order valence-electron chi connectivity index (χ3n) is 9.50. The van der Waals surface area contributed by atoms with Crippen LogP contribution in [0, 0.1) is 0 Å². The molecule has 0 unspecified atom stereocenters. The van der Waals surface area contributed by atoms with Gasteiger partial charge in [0.2, 0.25) is 6.69 Å². The Bertz CT molecular complexity index is 496. The Morgan fingerprint density at radius 2 is 0.419 bits per heavy atom. The summed E-state index contributed by atoms with van der Waals surface area (Å²) in [4.78, 5) is 0. The fourth-order valence-corrected chi connectivity index (χ4v) is 8.75. The standard InChI is InChI=1S/C39H79Cl2ISi/c1-43(40,41)39-37-35-33-31-29-27-25-23-21-19-17-15-13-11-9-7-5-3-2-4-6-8-10-12-14-16-18-20-22-24-26-28-30-32-34-36-38-42/h2-39H2,1H3. The fraction of sp³-hybridized carbons (Fsp3) is 1.00. The van der Waals surface area contributed by atoms with Crippen molar-refractivity contribution in [1.29, 1.82) is 0 Å². The monoisotopic (exact) mass is 772 g/mol. The first-order valence-electron chi connectivity index (χ1n) is 20.0. The van der Waals surface area contributed by atoms with Gasteiger partial charge in [-0.1, -0.05) is 247 Å². The van der Waals surface area contributed by atoms with Crippen molar-refractivity contribution < 1.29 is 0 Å². The summed E-state index contributed by atoms with van der Waals surface area (Å²) in [5, 5.41) is 0. The van der Waals surface area contributed by atoms with E-state index in [2.05, 4.69) is 22.6 Å². The lowest BCUT2D eigenvalue weighted by Gasteiger charge is -2.09. The SMILES string of the molecule is C[Si](Cl)(Cl)CCCCCCCCCCCCCCCCCCCCCCCCCCCCCCCCCCCCCCI. The van der Waals surface area contributed by atoms with Gasteiger partial charge in [0.25, 0.3) is 0 Å². The van der Waals surface area contributed by atoms with E-state index < -0.39 is 6.69 Å². The summed E-state index contributed by atoms with van der Waals surface area (Å²) in [5.74, 6) is 0. The van der Waals surface area contributed by atoms with Crippen LogP contribution < -0.4 is 0 Å². The summed E-state index contributed by atoms with van der Waals surface area (Å²) in [7, 11) is 0. The maximum Gasteiger partial charge on any atom is 0.248 e. The largest absolute Gasteiger partial charge is 0.248 e. The van der Waals surface area contributed by atoms with Crippen molar-refractivity contribution in [2.75, 3.05) is 4.43 Å². The minimum absolute atomic E-state index is 1.07. The van der Waals surface area contributed by atoms with Gasteiger partial charge in [-0.25, -0.2) is 0 Å². The third kappa shape index (κ3) is 43.5. The lowest BCUT2D eigenvalue weighted by atomic mass is 10.0. The van der Waals surface area contributed by atoms with Gasteiger partial charge in [-0.15, -0.1) is 22.2 Å². The molecule has 0 aromatic carbocycles. The van der Waals surface area contributed by atoms with Crippen LogP contribution in [-0.2, 0) is 0 Å². The maximum atomic E-state index is 6.17. The third-order valence-corrected chi connectivity index (χ3v) is 12.6. The van der Waals surface area contributed by atoms with Crippen molar-refractivity contribution in [3.63, 3.8) is 0 Å². The molecule has 0 bridgehead atoms. The molecule has 0 nitrogen and oxygen atoms in total.